The van der Waals surface area contributed by atoms with Crippen LogP contribution in [0, 0.1) is 0 Å². The summed E-state index contributed by atoms with van der Waals surface area (Å²) in [7, 11) is 0. The number of ether oxygens (including phenoxy) is 1. The quantitative estimate of drug-likeness (QED) is 0.915. The number of benzene rings is 1. The number of β-amino-alcohol motifs (C(OH)–C–C–N with tert-alkyl or cyclic N) is 1. The van der Waals surface area contributed by atoms with Gasteiger partial charge in [0.2, 0.25) is 5.91 Å². The first-order chi connectivity index (χ1) is 9.46. The van der Waals surface area contributed by atoms with Crippen LogP contribution in [-0.2, 0) is 4.79 Å². The number of amides is 1. The fourth-order valence-electron chi connectivity index (χ4n) is 2.38. The number of piperidine rings is 1. The molecule has 1 aromatic rings. The van der Waals surface area contributed by atoms with E-state index in [1.165, 1.54) is 0 Å². The second-order valence-corrected chi connectivity index (χ2v) is 6.38. The molecule has 1 N–H and O–H groups in total. The van der Waals surface area contributed by atoms with E-state index < -0.39 is 5.60 Å². The summed E-state index contributed by atoms with van der Waals surface area (Å²) in [4.78, 5) is 13.8. The SMILES string of the molecule is CC1(O)CCCN(C(=O)CCOc2ccc(Br)cc2)C1. The molecule has 1 saturated heterocycles. The highest BCUT2D eigenvalue weighted by molar-refractivity contribution is 9.10. The van der Waals surface area contributed by atoms with Gasteiger partial charge in [-0.25, -0.2) is 0 Å². The topological polar surface area (TPSA) is 49.8 Å². The Morgan fingerprint density at radius 3 is 2.80 bits per heavy atom. The van der Waals surface area contributed by atoms with Gasteiger partial charge in [0, 0.05) is 17.6 Å². The largest absolute Gasteiger partial charge is 0.493 e. The number of rotatable bonds is 4. The van der Waals surface area contributed by atoms with Crippen LogP contribution in [0.1, 0.15) is 26.2 Å². The molecule has 20 heavy (non-hydrogen) atoms. The number of likely N-dealkylation sites (tertiary alicyclic amines) is 1. The molecule has 0 bridgehead atoms. The average Bonchev–Trinajstić information content (AvgIpc) is 2.40. The second kappa shape index (κ2) is 6.59. The highest BCUT2D eigenvalue weighted by Crippen LogP contribution is 2.21. The van der Waals surface area contributed by atoms with Gasteiger partial charge in [-0.2, -0.15) is 0 Å². The van der Waals surface area contributed by atoms with Gasteiger partial charge in [0.25, 0.3) is 0 Å². The van der Waals surface area contributed by atoms with Crippen molar-refractivity contribution in [1.82, 2.24) is 4.90 Å². The summed E-state index contributed by atoms with van der Waals surface area (Å²) in [5.74, 6) is 0.800. The molecule has 1 fully saturated rings. The third-order valence-corrected chi connectivity index (χ3v) is 3.95. The normalized spacial score (nSPS) is 22.6. The highest BCUT2D eigenvalue weighted by atomic mass is 79.9. The first-order valence-corrected chi connectivity index (χ1v) is 7.64. The van der Waals surface area contributed by atoms with Crippen LogP contribution in [0.3, 0.4) is 0 Å². The smallest absolute Gasteiger partial charge is 0.226 e. The van der Waals surface area contributed by atoms with E-state index in [1.54, 1.807) is 11.8 Å². The minimum absolute atomic E-state index is 0.0436. The molecule has 1 aliphatic heterocycles. The first kappa shape index (κ1) is 15.3. The van der Waals surface area contributed by atoms with E-state index in [1.807, 2.05) is 24.3 Å². The predicted octanol–water partition coefficient (Wildman–Crippen LogP) is 2.59. The number of aliphatic hydroxyl groups is 1. The van der Waals surface area contributed by atoms with Gasteiger partial charge in [-0.05, 0) is 44.0 Å². The number of nitrogens with zero attached hydrogens (tertiary/aromatic N) is 1. The van der Waals surface area contributed by atoms with Crippen molar-refractivity contribution in [1.29, 1.82) is 0 Å². The standard InChI is InChI=1S/C15H20BrNO3/c1-15(19)8-2-9-17(11-15)14(18)7-10-20-13-5-3-12(16)4-6-13/h3-6,19H,2,7-11H2,1H3. The summed E-state index contributed by atoms with van der Waals surface area (Å²) in [5.41, 5.74) is -0.750. The van der Waals surface area contributed by atoms with Crippen LogP contribution in [0.25, 0.3) is 0 Å². The monoisotopic (exact) mass is 341 g/mol. The predicted molar refractivity (Wildman–Crippen MR) is 80.7 cm³/mol. The van der Waals surface area contributed by atoms with Gasteiger partial charge in [-0.3, -0.25) is 4.79 Å². The zero-order chi connectivity index (χ0) is 14.6. The van der Waals surface area contributed by atoms with Gasteiger partial charge in [0.15, 0.2) is 0 Å². The number of carbonyl (C=O) groups excluding carboxylic acids is 1. The molecule has 1 atom stereocenters. The Morgan fingerprint density at radius 2 is 2.15 bits per heavy atom. The summed E-state index contributed by atoms with van der Waals surface area (Å²) < 4.78 is 6.54. The van der Waals surface area contributed by atoms with Crippen LogP contribution in [0.2, 0.25) is 0 Å². The maximum absolute atomic E-state index is 12.1. The average molecular weight is 342 g/mol. The lowest BCUT2D eigenvalue weighted by Crippen LogP contribution is -2.48. The van der Waals surface area contributed by atoms with Crippen molar-refractivity contribution in [2.75, 3.05) is 19.7 Å². The van der Waals surface area contributed by atoms with E-state index >= 15 is 0 Å². The number of halogens is 1. The third kappa shape index (κ3) is 4.49. The van der Waals surface area contributed by atoms with Gasteiger partial charge in [-0.15, -0.1) is 0 Å². The number of hydrogen-bond donors (Lipinski definition) is 1. The molecule has 110 valence electrons. The van der Waals surface area contributed by atoms with Crippen LogP contribution < -0.4 is 4.74 Å². The summed E-state index contributed by atoms with van der Waals surface area (Å²) in [5, 5.41) is 9.99. The Morgan fingerprint density at radius 1 is 1.45 bits per heavy atom. The Kier molecular flexibility index (Phi) is 5.05. The van der Waals surface area contributed by atoms with Gasteiger partial charge in [0.05, 0.1) is 18.6 Å². The molecule has 0 spiro atoms. The summed E-state index contributed by atoms with van der Waals surface area (Å²) >= 11 is 3.36. The number of hydrogen-bond acceptors (Lipinski definition) is 3. The van der Waals surface area contributed by atoms with E-state index in [-0.39, 0.29) is 5.91 Å². The molecule has 1 unspecified atom stereocenters. The Labute approximate surface area is 127 Å². The molecule has 0 aliphatic carbocycles. The zero-order valence-electron chi connectivity index (χ0n) is 11.6. The Bertz CT molecular complexity index is 459. The van der Waals surface area contributed by atoms with E-state index in [0.717, 1.165) is 29.6 Å². The fourth-order valence-corrected chi connectivity index (χ4v) is 2.64. The molecular formula is C15H20BrNO3. The molecule has 4 nitrogen and oxygen atoms in total. The highest BCUT2D eigenvalue weighted by Gasteiger charge is 2.30. The van der Waals surface area contributed by atoms with Crippen LogP contribution in [-0.4, -0.2) is 41.2 Å². The lowest BCUT2D eigenvalue weighted by Gasteiger charge is -2.36. The molecule has 0 radical (unpaired) electrons. The summed E-state index contributed by atoms with van der Waals surface area (Å²) in [6.07, 6.45) is 1.95. The van der Waals surface area contributed by atoms with Crippen LogP contribution >= 0.6 is 15.9 Å². The van der Waals surface area contributed by atoms with Gasteiger partial charge < -0.3 is 14.7 Å². The minimum atomic E-state index is -0.750. The van der Waals surface area contributed by atoms with Crippen molar-refractivity contribution in [2.24, 2.45) is 0 Å². The molecule has 5 heteroatoms. The lowest BCUT2D eigenvalue weighted by molar-refractivity contribution is -0.138. The Hall–Kier alpha value is -1.07. The molecular weight excluding hydrogens is 322 g/mol. The van der Waals surface area contributed by atoms with Gasteiger partial charge in [-0.1, -0.05) is 15.9 Å². The van der Waals surface area contributed by atoms with Gasteiger partial charge >= 0.3 is 0 Å². The maximum atomic E-state index is 12.1. The van der Waals surface area contributed by atoms with Crippen molar-refractivity contribution in [3.63, 3.8) is 0 Å². The van der Waals surface area contributed by atoms with Crippen molar-refractivity contribution in [3.05, 3.63) is 28.7 Å². The molecule has 1 aliphatic rings. The van der Waals surface area contributed by atoms with Gasteiger partial charge in [0.1, 0.15) is 5.75 Å². The summed E-state index contributed by atoms with van der Waals surface area (Å²) in [6, 6.07) is 7.53. The van der Waals surface area contributed by atoms with Crippen molar-refractivity contribution < 1.29 is 14.6 Å². The fraction of sp³-hybridized carbons (Fsp3) is 0.533. The second-order valence-electron chi connectivity index (χ2n) is 5.47. The molecule has 0 saturated carbocycles. The zero-order valence-corrected chi connectivity index (χ0v) is 13.2. The van der Waals surface area contributed by atoms with Crippen LogP contribution in [0.5, 0.6) is 5.75 Å². The maximum Gasteiger partial charge on any atom is 0.226 e. The van der Waals surface area contributed by atoms with Crippen molar-refractivity contribution >= 4 is 21.8 Å². The molecule has 1 aromatic carbocycles. The van der Waals surface area contributed by atoms with Crippen molar-refractivity contribution in [3.8, 4) is 5.75 Å². The Balaban J connectivity index is 1.76. The van der Waals surface area contributed by atoms with E-state index in [2.05, 4.69) is 15.9 Å². The molecule has 2 rings (SSSR count). The van der Waals surface area contributed by atoms with E-state index in [0.29, 0.717) is 19.6 Å². The summed E-state index contributed by atoms with van der Waals surface area (Å²) in [6.45, 7) is 3.29. The first-order valence-electron chi connectivity index (χ1n) is 6.85. The molecule has 1 amide bonds. The number of carbonyl (C=O) groups is 1. The van der Waals surface area contributed by atoms with Crippen molar-refractivity contribution in [2.45, 2.75) is 31.8 Å². The molecule has 1 heterocycles. The third-order valence-electron chi connectivity index (χ3n) is 3.43. The van der Waals surface area contributed by atoms with Crippen LogP contribution in [0.4, 0.5) is 0 Å². The molecule has 0 aromatic heterocycles. The lowest BCUT2D eigenvalue weighted by atomic mass is 9.95. The minimum Gasteiger partial charge on any atom is -0.493 e. The van der Waals surface area contributed by atoms with Crippen LogP contribution in [0.15, 0.2) is 28.7 Å². The van der Waals surface area contributed by atoms with E-state index in [9.17, 15) is 9.90 Å². The van der Waals surface area contributed by atoms with E-state index in [4.69, 9.17) is 4.74 Å².